The molecule has 0 bridgehead atoms. The number of alkyl halides is 3. The average Bonchev–Trinajstić information content (AvgIpc) is 2.45. The number of rotatable bonds is 4. The molecule has 116 valence electrons. The van der Waals surface area contributed by atoms with Crippen LogP contribution in [-0.4, -0.2) is 16.1 Å². The Morgan fingerprint density at radius 2 is 2.00 bits per heavy atom. The van der Waals surface area contributed by atoms with Crippen LogP contribution in [0.3, 0.4) is 0 Å². The predicted octanol–water partition coefficient (Wildman–Crippen LogP) is 3.69. The molecular weight excluding hydrogens is 299 g/mol. The Morgan fingerprint density at radius 1 is 1.27 bits per heavy atom. The highest BCUT2D eigenvalue weighted by Crippen LogP contribution is 2.34. The van der Waals surface area contributed by atoms with Gasteiger partial charge < -0.3 is 9.84 Å². The number of halogens is 3. The first-order valence-electron chi connectivity index (χ1n) is 6.27. The van der Waals surface area contributed by atoms with Gasteiger partial charge >= 0.3 is 12.1 Å². The molecule has 22 heavy (non-hydrogen) atoms. The van der Waals surface area contributed by atoms with Gasteiger partial charge in [0.1, 0.15) is 6.61 Å². The smallest absolute Gasteiger partial charge is 0.416 e. The summed E-state index contributed by atoms with van der Waals surface area (Å²) in [6.07, 6.45) is -3.22. The molecule has 1 aromatic carbocycles. The maximum absolute atomic E-state index is 13.0. The number of hydrogen-bond acceptors (Lipinski definition) is 3. The minimum absolute atomic E-state index is 0.163. The molecule has 0 amide bonds. The third kappa shape index (κ3) is 3.36. The molecule has 0 aliphatic heterocycles. The lowest BCUT2D eigenvalue weighted by molar-refractivity contribution is -0.138. The van der Waals surface area contributed by atoms with Crippen LogP contribution in [0.5, 0.6) is 5.88 Å². The van der Waals surface area contributed by atoms with E-state index in [1.165, 1.54) is 6.20 Å². The number of pyridine rings is 1. The van der Waals surface area contributed by atoms with Gasteiger partial charge in [0, 0.05) is 17.3 Å². The molecule has 0 saturated heterocycles. The summed E-state index contributed by atoms with van der Waals surface area (Å²) < 4.78 is 44.4. The maximum atomic E-state index is 13.0. The van der Waals surface area contributed by atoms with Crippen LogP contribution in [0.1, 0.15) is 27.0 Å². The second-order valence-electron chi connectivity index (χ2n) is 4.55. The number of aromatic carboxylic acids is 1. The monoisotopic (exact) mass is 311 g/mol. The van der Waals surface area contributed by atoms with E-state index in [0.29, 0.717) is 5.56 Å². The van der Waals surface area contributed by atoms with E-state index in [4.69, 9.17) is 9.84 Å². The molecule has 0 aliphatic rings. The molecule has 0 unspecified atom stereocenters. The number of carboxylic acid groups (broad SMARTS) is 1. The van der Waals surface area contributed by atoms with Crippen molar-refractivity contribution in [2.24, 2.45) is 0 Å². The van der Waals surface area contributed by atoms with Crippen LogP contribution >= 0.6 is 0 Å². The fourth-order valence-corrected chi connectivity index (χ4v) is 1.97. The number of hydrogen-bond donors (Lipinski definition) is 1. The van der Waals surface area contributed by atoms with Gasteiger partial charge in [-0.25, -0.2) is 9.78 Å². The first-order chi connectivity index (χ1) is 10.3. The van der Waals surface area contributed by atoms with Crippen molar-refractivity contribution in [3.63, 3.8) is 0 Å². The van der Waals surface area contributed by atoms with E-state index in [1.54, 1.807) is 19.1 Å². The van der Waals surface area contributed by atoms with Crippen LogP contribution in [0.2, 0.25) is 0 Å². The lowest BCUT2D eigenvalue weighted by Gasteiger charge is -2.16. The lowest BCUT2D eigenvalue weighted by Crippen LogP contribution is -2.15. The fourth-order valence-electron chi connectivity index (χ4n) is 1.97. The summed E-state index contributed by atoms with van der Waals surface area (Å²) in [5, 5.41) is 9.07. The summed E-state index contributed by atoms with van der Waals surface area (Å²) in [5.41, 5.74) is -1.25. The molecule has 0 fully saturated rings. The molecule has 1 heterocycles. The average molecular weight is 311 g/mol. The summed E-state index contributed by atoms with van der Waals surface area (Å²) in [6, 6.07) is 6.35. The van der Waals surface area contributed by atoms with Gasteiger partial charge in [-0.15, -0.1) is 0 Å². The normalized spacial score (nSPS) is 11.3. The Hall–Kier alpha value is -2.57. The SMILES string of the molecule is Cc1cccnc1OCc1c(C(=O)O)cccc1C(F)(F)F. The largest absolute Gasteiger partial charge is 0.478 e. The Balaban J connectivity index is 2.40. The van der Waals surface area contributed by atoms with Crippen molar-refractivity contribution in [2.45, 2.75) is 19.7 Å². The van der Waals surface area contributed by atoms with E-state index in [-0.39, 0.29) is 5.88 Å². The van der Waals surface area contributed by atoms with E-state index >= 15 is 0 Å². The summed E-state index contributed by atoms with van der Waals surface area (Å²) >= 11 is 0. The summed E-state index contributed by atoms with van der Waals surface area (Å²) in [5.74, 6) is -1.28. The van der Waals surface area contributed by atoms with Crippen molar-refractivity contribution in [3.8, 4) is 5.88 Å². The van der Waals surface area contributed by atoms with Crippen LogP contribution in [0.25, 0.3) is 0 Å². The molecule has 4 nitrogen and oxygen atoms in total. The van der Waals surface area contributed by atoms with Crippen molar-refractivity contribution in [3.05, 3.63) is 58.8 Å². The van der Waals surface area contributed by atoms with Gasteiger partial charge in [0.2, 0.25) is 5.88 Å². The lowest BCUT2D eigenvalue weighted by atomic mass is 10.0. The summed E-state index contributed by atoms with van der Waals surface area (Å²) in [6.45, 7) is 1.16. The zero-order valence-corrected chi connectivity index (χ0v) is 11.5. The molecule has 1 N–H and O–H groups in total. The molecule has 0 saturated carbocycles. The van der Waals surface area contributed by atoms with Gasteiger partial charge in [-0.3, -0.25) is 0 Å². The molecular formula is C15H12F3NO3. The summed E-state index contributed by atoms with van der Waals surface area (Å²) in [7, 11) is 0. The van der Waals surface area contributed by atoms with Crippen LogP contribution in [0, 0.1) is 6.92 Å². The number of benzene rings is 1. The highest BCUT2D eigenvalue weighted by molar-refractivity contribution is 5.89. The molecule has 0 radical (unpaired) electrons. The molecule has 0 aliphatic carbocycles. The predicted molar refractivity (Wildman–Crippen MR) is 71.7 cm³/mol. The van der Waals surface area contributed by atoms with E-state index in [2.05, 4.69) is 4.98 Å². The van der Waals surface area contributed by atoms with Gasteiger partial charge in [-0.05, 0) is 25.1 Å². The molecule has 7 heteroatoms. The standard InChI is InChI=1S/C15H12F3NO3/c1-9-4-3-7-19-13(9)22-8-11-10(14(20)21)5-2-6-12(11)15(16,17)18/h2-7H,8H2,1H3,(H,20,21). The van der Waals surface area contributed by atoms with Crippen LogP contribution in [0.4, 0.5) is 13.2 Å². The van der Waals surface area contributed by atoms with Crippen molar-refractivity contribution in [1.29, 1.82) is 0 Å². The number of carbonyl (C=O) groups is 1. The summed E-state index contributed by atoms with van der Waals surface area (Å²) in [4.78, 5) is 15.0. The molecule has 2 aromatic rings. The van der Waals surface area contributed by atoms with Gasteiger partial charge in [-0.2, -0.15) is 13.2 Å². The highest BCUT2D eigenvalue weighted by Gasteiger charge is 2.35. The fraction of sp³-hybridized carbons (Fsp3) is 0.200. The van der Waals surface area contributed by atoms with Gasteiger partial charge in [0.05, 0.1) is 11.1 Å². The van der Waals surface area contributed by atoms with Crippen LogP contribution in [-0.2, 0) is 12.8 Å². The number of carboxylic acids is 1. The second-order valence-corrected chi connectivity index (χ2v) is 4.55. The van der Waals surface area contributed by atoms with Crippen molar-refractivity contribution in [1.82, 2.24) is 4.98 Å². The van der Waals surface area contributed by atoms with Gasteiger partial charge in [0.15, 0.2) is 0 Å². The molecule has 0 atom stereocenters. The zero-order chi connectivity index (χ0) is 16.3. The van der Waals surface area contributed by atoms with Crippen LogP contribution < -0.4 is 4.74 Å². The van der Waals surface area contributed by atoms with Crippen molar-refractivity contribution >= 4 is 5.97 Å². The van der Waals surface area contributed by atoms with E-state index in [9.17, 15) is 18.0 Å². The van der Waals surface area contributed by atoms with E-state index < -0.39 is 35.4 Å². The second kappa shape index (κ2) is 6.05. The minimum atomic E-state index is -4.66. The number of ether oxygens (including phenoxy) is 1. The molecule has 1 aromatic heterocycles. The third-order valence-corrected chi connectivity index (χ3v) is 3.03. The Kier molecular flexibility index (Phi) is 4.35. The van der Waals surface area contributed by atoms with E-state index in [1.807, 2.05) is 0 Å². The first-order valence-corrected chi connectivity index (χ1v) is 6.27. The van der Waals surface area contributed by atoms with Gasteiger partial charge in [0.25, 0.3) is 0 Å². The molecule has 2 rings (SSSR count). The van der Waals surface area contributed by atoms with Crippen LogP contribution in [0.15, 0.2) is 36.5 Å². The van der Waals surface area contributed by atoms with Gasteiger partial charge in [-0.1, -0.05) is 12.1 Å². The number of nitrogens with zero attached hydrogens (tertiary/aromatic N) is 1. The molecule has 0 spiro atoms. The quantitative estimate of drug-likeness (QED) is 0.935. The minimum Gasteiger partial charge on any atom is -0.478 e. The van der Waals surface area contributed by atoms with Crippen molar-refractivity contribution < 1.29 is 27.8 Å². The first kappa shape index (κ1) is 15.8. The number of aryl methyl sites for hydroxylation is 1. The van der Waals surface area contributed by atoms with Crippen molar-refractivity contribution in [2.75, 3.05) is 0 Å². The maximum Gasteiger partial charge on any atom is 0.416 e. The Morgan fingerprint density at radius 3 is 2.59 bits per heavy atom. The zero-order valence-electron chi connectivity index (χ0n) is 11.5. The Bertz CT molecular complexity index is 699. The Labute approximate surface area is 124 Å². The topological polar surface area (TPSA) is 59.4 Å². The highest BCUT2D eigenvalue weighted by atomic mass is 19.4. The number of aromatic nitrogens is 1. The van der Waals surface area contributed by atoms with E-state index in [0.717, 1.165) is 18.2 Å². The third-order valence-electron chi connectivity index (χ3n) is 3.03.